The molecule has 0 fully saturated rings. The van der Waals surface area contributed by atoms with Crippen LogP contribution in [-0.2, 0) is 6.42 Å². The molecule has 48 heavy (non-hydrogen) atoms. The van der Waals surface area contributed by atoms with E-state index in [1.54, 1.807) is 0 Å². The first-order valence-electron chi connectivity index (χ1n) is 16.0. The second kappa shape index (κ2) is 11.8. The monoisotopic (exact) mass is 600 g/mol. The third kappa shape index (κ3) is 4.67. The quantitative estimate of drug-likeness (QED) is 0.204. The van der Waals surface area contributed by atoms with E-state index in [0.29, 0.717) is 16.5 Å². The zero-order valence-electron chi connectivity index (χ0n) is 26.5. The summed E-state index contributed by atoms with van der Waals surface area (Å²) in [5, 5.41) is 4.11. The minimum Gasteiger partial charge on any atom is -0.296 e. The highest BCUT2D eigenvalue weighted by Crippen LogP contribution is 2.43. The van der Waals surface area contributed by atoms with Crippen molar-refractivity contribution in [1.82, 2.24) is 9.55 Å². The highest BCUT2D eigenvalue weighted by atomic mass is 15.1. The molecular formula is C41H25B5N2. The Hall–Kier alpha value is -5.15. The van der Waals surface area contributed by atoms with Crippen molar-refractivity contribution in [2.24, 2.45) is 0 Å². The molecule has 214 valence electrons. The summed E-state index contributed by atoms with van der Waals surface area (Å²) in [6.07, 6.45) is 0.852. The van der Waals surface area contributed by atoms with Crippen molar-refractivity contribution in [2.45, 2.75) is 13.3 Å². The minimum atomic E-state index is 0.203. The Morgan fingerprint density at radius 2 is 0.896 bits per heavy atom. The van der Waals surface area contributed by atoms with E-state index in [1.807, 2.05) is 30.3 Å². The van der Waals surface area contributed by atoms with Gasteiger partial charge in [0.25, 0.3) is 0 Å². The number of aromatic nitrogens is 2. The molecule has 8 rings (SSSR count). The molecule has 7 aromatic carbocycles. The van der Waals surface area contributed by atoms with Crippen LogP contribution < -0.4 is 27.3 Å². The largest absolute Gasteiger partial charge is 0.296 e. The number of nitrogens with zero attached hydrogens (tertiary/aromatic N) is 2. The summed E-state index contributed by atoms with van der Waals surface area (Å²) >= 11 is 0. The summed E-state index contributed by atoms with van der Waals surface area (Å²) < 4.78 is 2.25. The van der Waals surface area contributed by atoms with Crippen LogP contribution in [0.4, 0.5) is 0 Å². The van der Waals surface area contributed by atoms with Crippen LogP contribution in [0, 0.1) is 0 Å². The lowest BCUT2D eigenvalue weighted by atomic mass is 9.59. The lowest BCUT2D eigenvalue weighted by Crippen LogP contribution is -2.55. The molecule has 0 aliphatic carbocycles. The van der Waals surface area contributed by atoms with Gasteiger partial charge in [-0.3, -0.25) is 4.57 Å². The molecule has 1 aromatic heterocycles. The van der Waals surface area contributed by atoms with Gasteiger partial charge in [-0.05, 0) is 79.2 Å². The van der Waals surface area contributed by atoms with Crippen LogP contribution in [-0.4, -0.2) is 48.8 Å². The van der Waals surface area contributed by atoms with Gasteiger partial charge in [-0.2, -0.15) is 0 Å². The molecule has 0 unspecified atom stereocenters. The number of rotatable bonds is 5. The molecule has 0 bridgehead atoms. The Labute approximate surface area is 287 Å². The van der Waals surface area contributed by atoms with E-state index in [4.69, 9.17) is 44.2 Å². The van der Waals surface area contributed by atoms with Crippen molar-refractivity contribution >= 4 is 99.1 Å². The Balaban J connectivity index is 1.25. The van der Waals surface area contributed by atoms with Crippen LogP contribution in [0.1, 0.15) is 12.7 Å². The minimum absolute atomic E-state index is 0.203. The molecule has 7 heteroatoms. The molecule has 8 aromatic rings. The van der Waals surface area contributed by atoms with Crippen molar-refractivity contribution in [3.8, 4) is 39.1 Å². The van der Waals surface area contributed by atoms with E-state index in [9.17, 15) is 0 Å². The average Bonchev–Trinajstić information content (AvgIpc) is 3.52. The summed E-state index contributed by atoms with van der Waals surface area (Å²) in [4.78, 5) is 4.85. The van der Waals surface area contributed by atoms with E-state index in [2.05, 4.69) is 102 Å². The first-order chi connectivity index (χ1) is 23.4. The number of para-hydroxylation sites is 2. The Morgan fingerprint density at radius 1 is 0.458 bits per heavy atom. The Morgan fingerprint density at radius 3 is 1.44 bits per heavy atom. The number of aryl methyl sites for hydroxylation is 1. The Kier molecular flexibility index (Phi) is 7.44. The average molecular weight is 600 g/mol. The van der Waals surface area contributed by atoms with Gasteiger partial charge in [0, 0.05) is 12.1 Å². The molecule has 0 atom stereocenters. The lowest BCUT2D eigenvalue weighted by Gasteiger charge is -2.25. The summed E-state index contributed by atoms with van der Waals surface area (Å²) in [6, 6.07) is 42.3. The zero-order valence-corrected chi connectivity index (χ0v) is 26.5. The summed E-state index contributed by atoms with van der Waals surface area (Å²) in [5.74, 6) is 1.05. The van der Waals surface area contributed by atoms with Gasteiger partial charge in [0.2, 0.25) is 0 Å². The molecule has 2 nitrogen and oxygen atoms in total. The first kappa shape index (κ1) is 30.2. The summed E-state index contributed by atoms with van der Waals surface area (Å²) in [6.45, 7) is 2.14. The van der Waals surface area contributed by atoms with Gasteiger partial charge >= 0.3 is 0 Å². The van der Waals surface area contributed by atoms with Gasteiger partial charge in [-0.15, -0.1) is 16.4 Å². The van der Waals surface area contributed by atoms with E-state index in [-0.39, 0.29) is 16.4 Å². The van der Waals surface area contributed by atoms with Crippen LogP contribution in [0.3, 0.4) is 0 Å². The SMILES string of the molecule is [B]c1c([B])c([B])c(-c2c3ccccc3c(-c3ccc(-c4ccc(-n5c(CC)nc6ccccc65)cc4)cc3)c3ccccc23)c([B])c1[B]. The second-order valence-corrected chi connectivity index (χ2v) is 12.1. The van der Waals surface area contributed by atoms with Crippen molar-refractivity contribution in [2.75, 3.05) is 0 Å². The van der Waals surface area contributed by atoms with E-state index >= 15 is 0 Å². The van der Waals surface area contributed by atoms with Crippen molar-refractivity contribution < 1.29 is 0 Å². The van der Waals surface area contributed by atoms with Crippen LogP contribution >= 0.6 is 0 Å². The highest BCUT2D eigenvalue weighted by molar-refractivity contribution is 6.69. The number of fused-ring (bicyclic) bond motifs is 3. The van der Waals surface area contributed by atoms with E-state index < -0.39 is 0 Å². The molecule has 10 radical (unpaired) electrons. The molecule has 0 aliphatic heterocycles. The van der Waals surface area contributed by atoms with Gasteiger partial charge in [-0.25, -0.2) is 4.98 Å². The van der Waals surface area contributed by atoms with Crippen LogP contribution in [0.25, 0.3) is 71.6 Å². The van der Waals surface area contributed by atoms with Crippen molar-refractivity contribution in [3.05, 3.63) is 127 Å². The van der Waals surface area contributed by atoms with Crippen LogP contribution in [0.2, 0.25) is 0 Å². The Bertz CT molecular complexity index is 2450. The van der Waals surface area contributed by atoms with Crippen molar-refractivity contribution in [1.29, 1.82) is 0 Å². The van der Waals surface area contributed by atoms with Crippen LogP contribution in [0.5, 0.6) is 0 Å². The maximum Gasteiger partial charge on any atom is 0.114 e. The van der Waals surface area contributed by atoms with Gasteiger partial charge in [0.15, 0.2) is 0 Å². The molecule has 0 spiro atoms. The first-order valence-corrected chi connectivity index (χ1v) is 16.0. The zero-order chi connectivity index (χ0) is 33.1. The number of benzene rings is 7. The predicted octanol–water partition coefficient (Wildman–Crippen LogP) is 4.86. The molecule has 0 saturated heterocycles. The van der Waals surface area contributed by atoms with Gasteiger partial charge in [0.05, 0.1) is 11.0 Å². The molecule has 0 amide bonds. The molecular weight excluding hydrogens is 575 g/mol. The third-order valence-electron chi connectivity index (χ3n) is 9.46. The van der Waals surface area contributed by atoms with Gasteiger partial charge < -0.3 is 0 Å². The highest BCUT2D eigenvalue weighted by Gasteiger charge is 2.20. The molecule has 0 aliphatic rings. The normalized spacial score (nSPS) is 11.5. The van der Waals surface area contributed by atoms with Gasteiger partial charge in [0.1, 0.15) is 45.1 Å². The summed E-state index contributed by atoms with van der Waals surface area (Å²) in [7, 11) is 32.1. The second-order valence-electron chi connectivity index (χ2n) is 12.1. The molecule has 1 heterocycles. The number of hydrogen-bond acceptors (Lipinski definition) is 1. The number of imidazole rings is 1. The fourth-order valence-electron chi connectivity index (χ4n) is 7.06. The van der Waals surface area contributed by atoms with Gasteiger partial charge in [-0.1, -0.05) is 115 Å². The van der Waals surface area contributed by atoms with E-state index in [1.165, 1.54) is 0 Å². The fraction of sp³-hybridized carbons (Fsp3) is 0.0488. The lowest BCUT2D eigenvalue weighted by molar-refractivity contribution is 0.908. The predicted molar refractivity (Wildman–Crippen MR) is 209 cm³/mol. The smallest absolute Gasteiger partial charge is 0.114 e. The fourth-order valence-corrected chi connectivity index (χ4v) is 7.06. The molecule has 0 saturated carbocycles. The standard InChI is InChI=1S/C41H25B5N2/c1-2-33-47-31-13-7-8-14-32(31)48(33)26-21-19-24(20-22-26)23-15-17-25(18-16-23)34-27-9-3-5-11-29(27)35(30-12-6-4-10-28(30)34)36-37(42)39(44)41(46)40(45)38(36)43/h3-22H,2H2,1H3. The van der Waals surface area contributed by atoms with Crippen molar-refractivity contribution in [3.63, 3.8) is 0 Å². The maximum atomic E-state index is 6.62. The summed E-state index contributed by atoms with van der Waals surface area (Å²) in [5.41, 5.74) is 10.5. The van der Waals surface area contributed by atoms with E-state index in [0.717, 1.165) is 78.3 Å². The topological polar surface area (TPSA) is 17.8 Å². The maximum absolute atomic E-state index is 6.62. The number of hydrogen-bond donors (Lipinski definition) is 0. The third-order valence-corrected chi connectivity index (χ3v) is 9.46. The molecule has 0 N–H and O–H groups in total. The van der Waals surface area contributed by atoms with Crippen LogP contribution in [0.15, 0.2) is 121 Å².